The lowest BCUT2D eigenvalue weighted by atomic mass is 10.0. The minimum atomic E-state index is -0.924. The third-order valence-electron chi connectivity index (χ3n) is 5.00. The monoisotopic (exact) mass is 532 g/mol. The Morgan fingerprint density at radius 3 is 2.56 bits per heavy atom. The zero-order chi connectivity index (χ0) is 26.4. The van der Waals surface area contributed by atoms with Crippen molar-refractivity contribution in [2.75, 3.05) is 19.0 Å². The van der Waals surface area contributed by atoms with Crippen LogP contribution in [-0.2, 0) is 9.53 Å². The summed E-state index contributed by atoms with van der Waals surface area (Å²) in [7, 11) is 1.25. The molecule has 36 heavy (non-hydrogen) atoms. The SMILES string of the molecule is CCOC(=O)c1c(NC(=S)NNC(=O)[C@@H](C)n2cc([N+](=O)[O-])c(OC)n2)sc(C)c1-c1ccccc1. The molecule has 0 radical (unpaired) electrons. The first-order chi connectivity index (χ1) is 17.2. The molecule has 1 atom stereocenters. The number of hydrogen-bond donors (Lipinski definition) is 3. The number of aromatic nitrogens is 2. The van der Waals surface area contributed by atoms with Crippen LogP contribution < -0.4 is 20.9 Å². The molecule has 3 aromatic rings. The number of nitrogens with one attached hydrogen (secondary N) is 3. The highest BCUT2D eigenvalue weighted by Crippen LogP contribution is 2.40. The van der Waals surface area contributed by atoms with Crippen LogP contribution in [0.2, 0.25) is 0 Å². The second-order valence-electron chi connectivity index (χ2n) is 7.33. The number of methoxy groups -OCH3 is 1. The van der Waals surface area contributed by atoms with Gasteiger partial charge in [0, 0.05) is 10.4 Å². The lowest BCUT2D eigenvalue weighted by molar-refractivity contribution is -0.385. The number of nitro groups is 1. The van der Waals surface area contributed by atoms with E-state index in [9.17, 15) is 19.7 Å². The number of carbonyl (C=O) groups excluding carboxylic acids is 2. The Labute approximate surface area is 215 Å². The van der Waals surface area contributed by atoms with Gasteiger partial charge in [0.2, 0.25) is 0 Å². The maximum Gasteiger partial charge on any atom is 0.350 e. The minimum Gasteiger partial charge on any atom is -0.475 e. The van der Waals surface area contributed by atoms with Crippen LogP contribution in [0, 0.1) is 17.0 Å². The van der Waals surface area contributed by atoms with Crippen molar-refractivity contribution in [1.82, 2.24) is 20.6 Å². The normalized spacial score (nSPS) is 11.3. The number of rotatable bonds is 8. The Bertz CT molecular complexity index is 1290. The molecule has 0 aliphatic heterocycles. The Morgan fingerprint density at radius 2 is 1.97 bits per heavy atom. The Morgan fingerprint density at radius 1 is 1.28 bits per heavy atom. The number of esters is 1. The molecule has 2 heterocycles. The summed E-state index contributed by atoms with van der Waals surface area (Å²) in [6.07, 6.45) is 1.10. The number of benzene rings is 1. The van der Waals surface area contributed by atoms with Crippen molar-refractivity contribution in [3.8, 4) is 17.0 Å². The number of thiocarbonyl (C=S) groups is 1. The second-order valence-corrected chi connectivity index (χ2v) is 8.96. The molecule has 14 heteroatoms. The fourth-order valence-electron chi connectivity index (χ4n) is 3.29. The molecule has 3 rings (SSSR count). The molecule has 2 aromatic heterocycles. The van der Waals surface area contributed by atoms with Gasteiger partial charge in [0.25, 0.3) is 5.91 Å². The summed E-state index contributed by atoms with van der Waals surface area (Å²) in [6.45, 7) is 5.31. The highest BCUT2D eigenvalue weighted by molar-refractivity contribution is 7.80. The van der Waals surface area contributed by atoms with Crippen molar-refractivity contribution >= 4 is 51.2 Å². The highest BCUT2D eigenvalue weighted by Gasteiger charge is 2.27. The molecule has 12 nitrogen and oxygen atoms in total. The average molecular weight is 533 g/mol. The zero-order valence-corrected chi connectivity index (χ0v) is 21.5. The first-order valence-corrected chi connectivity index (χ1v) is 11.9. The van der Waals surface area contributed by atoms with Crippen LogP contribution in [-0.4, -0.2) is 45.4 Å². The number of hydrogen-bond acceptors (Lipinski definition) is 9. The van der Waals surface area contributed by atoms with E-state index in [4.69, 9.17) is 21.7 Å². The zero-order valence-electron chi connectivity index (χ0n) is 19.9. The average Bonchev–Trinajstić information content (AvgIpc) is 3.43. The third kappa shape index (κ3) is 5.78. The molecule has 0 bridgehead atoms. The first kappa shape index (κ1) is 26.6. The lowest BCUT2D eigenvalue weighted by Gasteiger charge is -2.15. The molecule has 0 unspecified atom stereocenters. The molecule has 1 amide bonds. The Balaban J connectivity index is 1.74. The predicted octanol–water partition coefficient (Wildman–Crippen LogP) is 3.59. The van der Waals surface area contributed by atoms with E-state index in [1.165, 1.54) is 25.4 Å². The van der Waals surface area contributed by atoms with Gasteiger partial charge in [-0.25, -0.2) is 9.48 Å². The van der Waals surface area contributed by atoms with Gasteiger partial charge in [-0.2, -0.15) is 0 Å². The second kappa shape index (κ2) is 11.6. The summed E-state index contributed by atoms with van der Waals surface area (Å²) >= 11 is 6.62. The van der Waals surface area contributed by atoms with Crippen molar-refractivity contribution in [3.05, 3.63) is 57.1 Å². The van der Waals surface area contributed by atoms with E-state index in [1.807, 2.05) is 37.3 Å². The molecule has 0 spiro atoms. The summed E-state index contributed by atoms with van der Waals surface area (Å²) in [5.41, 5.74) is 6.56. The van der Waals surface area contributed by atoms with Gasteiger partial charge >= 0.3 is 17.5 Å². The summed E-state index contributed by atoms with van der Waals surface area (Å²) in [6, 6.07) is 8.51. The summed E-state index contributed by atoms with van der Waals surface area (Å²) < 4.78 is 11.3. The van der Waals surface area contributed by atoms with E-state index in [0.717, 1.165) is 26.9 Å². The molecule has 0 aliphatic rings. The third-order valence-corrected chi connectivity index (χ3v) is 6.22. The van der Waals surface area contributed by atoms with Gasteiger partial charge in [-0.15, -0.1) is 16.4 Å². The van der Waals surface area contributed by atoms with E-state index in [0.29, 0.717) is 10.6 Å². The van der Waals surface area contributed by atoms with Crippen molar-refractivity contribution in [2.45, 2.75) is 26.8 Å². The number of amides is 1. The van der Waals surface area contributed by atoms with Gasteiger partial charge in [-0.3, -0.25) is 25.8 Å². The van der Waals surface area contributed by atoms with Crippen LogP contribution in [0.15, 0.2) is 36.5 Å². The van der Waals surface area contributed by atoms with E-state index >= 15 is 0 Å². The van der Waals surface area contributed by atoms with Crippen LogP contribution in [0.1, 0.15) is 35.1 Å². The molecule has 0 fully saturated rings. The van der Waals surface area contributed by atoms with Crippen molar-refractivity contribution in [1.29, 1.82) is 0 Å². The van der Waals surface area contributed by atoms with Crippen molar-refractivity contribution in [3.63, 3.8) is 0 Å². The number of thiophene rings is 1. The number of aryl methyl sites for hydroxylation is 1. The van der Waals surface area contributed by atoms with Crippen LogP contribution >= 0.6 is 23.6 Å². The van der Waals surface area contributed by atoms with Crippen molar-refractivity contribution < 1.29 is 24.0 Å². The van der Waals surface area contributed by atoms with Gasteiger partial charge in [0.1, 0.15) is 22.8 Å². The fraction of sp³-hybridized carbons (Fsp3) is 0.273. The van der Waals surface area contributed by atoms with Gasteiger partial charge in [0.15, 0.2) is 5.11 Å². The number of ether oxygens (including phenoxy) is 2. The lowest BCUT2D eigenvalue weighted by Crippen LogP contribution is -2.46. The molecule has 3 N–H and O–H groups in total. The minimum absolute atomic E-state index is 0.0194. The van der Waals surface area contributed by atoms with Gasteiger partial charge in [-0.05, 0) is 38.6 Å². The molecule has 0 aliphatic carbocycles. The number of carbonyl (C=O) groups is 2. The van der Waals surface area contributed by atoms with E-state index < -0.39 is 22.8 Å². The number of hydrazine groups is 1. The van der Waals surface area contributed by atoms with Gasteiger partial charge < -0.3 is 14.8 Å². The van der Waals surface area contributed by atoms with Crippen LogP contribution in [0.5, 0.6) is 5.88 Å². The Hall–Kier alpha value is -4.04. The molecule has 0 saturated heterocycles. The van der Waals surface area contributed by atoms with E-state index in [-0.39, 0.29) is 23.3 Å². The fourth-order valence-corrected chi connectivity index (χ4v) is 4.58. The molecular weight excluding hydrogens is 508 g/mol. The smallest absolute Gasteiger partial charge is 0.350 e. The highest BCUT2D eigenvalue weighted by atomic mass is 32.1. The molecule has 1 aromatic carbocycles. The number of nitrogens with zero attached hydrogens (tertiary/aromatic N) is 3. The topological polar surface area (TPSA) is 150 Å². The first-order valence-electron chi connectivity index (χ1n) is 10.7. The number of anilines is 1. The summed E-state index contributed by atoms with van der Waals surface area (Å²) in [5, 5.41) is 18.4. The van der Waals surface area contributed by atoms with Crippen LogP contribution in [0.4, 0.5) is 10.7 Å². The van der Waals surface area contributed by atoms with E-state index in [1.54, 1.807) is 6.92 Å². The quantitative estimate of drug-likeness (QED) is 0.170. The maximum absolute atomic E-state index is 12.8. The molecular formula is C22H24N6O6S2. The summed E-state index contributed by atoms with van der Waals surface area (Å²) in [5.74, 6) is -1.28. The summed E-state index contributed by atoms with van der Waals surface area (Å²) in [4.78, 5) is 36.7. The molecule has 190 valence electrons. The van der Waals surface area contributed by atoms with Gasteiger partial charge in [-0.1, -0.05) is 30.3 Å². The Kier molecular flexibility index (Phi) is 8.55. The van der Waals surface area contributed by atoms with Crippen molar-refractivity contribution in [2.24, 2.45) is 0 Å². The predicted molar refractivity (Wildman–Crippen MR) is 138 cm³/mol. The van der Waals surface area contributed by atoms with Crippen LogP contribution in [0.3, 0.4) is 0 Å². The van der Waals surface area contributed by atoms with E-state index in [2.05, 4.69) is 21.3 Å². The van der Waals surface area contributed by atoms with Crippen LogP contribution in [0.25, 0.3) is 11.1 Å². The standard InChI is InChI=1S/C22H24N6O6S2/c1-5-34-21(30)17-16(14-9-7-6-8-10-14)13(3)36-20(17)23-22(35)25-24-18(29)12(2)27-11-15(28(31)32)19(26-27)33-4/h6-12H,5H2,1-4H3,(H,24,29)(H2,23,25,35)/t12-/m1/s1. The largest absolute Gasteiger partial charge is 0.475 e. The molecule has 0 saturated carbocycles. The van der Waals surface area contributed by atoms with Gasteiger partial charge in [0.05, 0.1) is 18.6 Å². The maximum atomic E-state index is 12.8.